The summed E-state index contributed by atoms with van der Waals surface area (Å²) < 4.78 is 2.30. The molecule has 0 aliphatic carbocycles. The van der Waals surface area contributed by atoms with Gasteiger partial charge < -0.3 is 10.3 Å². The van der Waals surface area contributed by atoms with Crippen molar-refractivity contribution in [2.45, 2.75) is 19.4 Å². The molecule has 92 valence electrons. The minimum atomic E-state index is 0.661. The van der Waals surface area contributed by atoms with Gasteiger partial charge in [0, 0.05) is 24.2 Å². The summed E-state index contributed by atoms with van der Waals surface area (Å²) in [6, 6.07) is 10.4. The Hall–Kier alpha value is -1.87. The van der Waals surface area contributed by atoms with Crippen LogP contribution in [0.2, 0.25) is 0 Å². The Morgan fingerprint density at radius 2 is 2.06 bits per heavy atom. The van der Waals surface area contributed by atoms with Gasteiger partial charge in [-0.15, -0.1) is 0 Å². The summed E-state index contributed by atoms with van der Waals surface area (Å²) in [5.74, 6) is 1.06. The van der Waals surface area contributed by atoms with E-state index in [2.05, 4.69) is 41.0 Å². The number of allylic oxidation sites excluding steroid dienone is 1. The van der Waals surface area contributed by atoms with Gasteiger partial charge in [0.1, 0.15) is 5.82 Å². The summed E-state index contributed by atoms with van der Waals surface area (Å²) in [5.41, 5.74) is 9.27. The molecule has 0 radical (unpaired) electrons. The standard InChI is InChI=1S/C15H17N3/c16-10-9-13-15(12-6-2-1-3-7-12)17-14-8-4-5-11-18(13)14/h1-4,6-8H,5,9-11,16H2. The lowest BCUT2D eigenvalue weighted by Gasteiger charge is -2.12. The highest BCUT2D eigenvalue weighted by Crippen LogP contribution is 2.27. The normalized spacial score (nSPS) is 13.6. The SMILES string of the molecule is NCCc1c(-c2ccccc2)nc2n1CCC=C2. The highest BCUT2D eigenvalue weighted by atomic mass is 15.1. The van der Waals surface area contributed by atoms with Gasteiger partial charge in [0.15, 0.2) is 0 Å². The van der Waals surface area contributed by atoms with Gasteiger partial charge in [0.25, 0.3) is 0 Å². The van der Waals surface area contributed by atoms with Crippen molar-refractivity contribution in [1.82, 2.24) is 9.55 Å². The first-order chi connectivity index (χ1) is 8.90. The molecule has 0 spiro atoms. The molecule has 2 heterocycles. The first kappa shape index (κ1) is 11.2. The third kappa shape index (κ3) is 1.87. The maximum atomic E-state index is 5.74. The number of benzene rings is 1. The molecule has 3 rings (SSSR count). The average Bonchev–Trinajstić information content (AvgIpc) is 2.80. The van der Waals surface area contributed by atoms with Gasteiger partial charge in [0.05, 0.1) is 5.69 Å². The van der Waals surface area contributed by atoms with Crippen LogP contribution < -0.4 is 5.73 Å². The van der Waals surface area contributed by atoms with Gasteiger partial charge in [-0.25, -0.2) is 4.98 Å². The fraction of sp³-hybridized carbons (Fsp3) is 0.267. The number of nitrogens with zero attached hydrogens (tertiary/aromatic N) is 2. The van der Waals surface area contributed by atoms with E-state index < -0.39 is 0 Å². The second-order valence-electron chi connectivity index (χ2n) is 4.51. The van der Waals surface area contributed by atoms with Crippen LogP contribution in [-0.2, 0) is 13.0 Å². The molecule has 1 aliphatic heterocycles. The van der Waals surface area contributed by atoms with E-state index in [9.17, 15) is 0 Å². The summed E-state index contributed by atoms with van der Waals surface area (Å²) in [4.78, 5) is 4.76. The molecule has 1 aromatic heterocycles. The second kappa shape index (κ2) is 4.78. The molecule has 0 fully saturated rings. The monoisotopic (exact) mass is 239 g/mol. The topological polar surface area (TPSA) is 43.8 Å². The number of aromatic nitrogens is 2. The third-order valence-electron chi connectivity index (χ3n) is 3.32. The van der Waals surface area contributed by atoms with Crippen molar-refractivity contribution < 1.29 is 0 Å². The molecule has 0 saturated heterocycles. The van der Waals surface area contributed by atoms with Crippen molar-refractivity contribution in [3.05, 3.63) is 47.9 Å². The molecule has 0 amide bonds. The lowest BCUT2D eigenvalue weighted by molar-refractivity contribution is 0.652. The molecule has 1 aliphatic rings. The predicted octanol–water partition coefficient (Wildman–Crippen LogP) is 2.47. The van der Waals surface area contributed by atoms with Crippen molar-refractivity contribution in [1.29, 1.82) is 0 Å². The Balaban J connectivity index is 2.14. The van der Waals surface area contributed by atoms with Crippen LogP contribution in [0, 0.1) is 0 Å². The lowest BCUT2D eigenvalue weighted by atomic mass is 10.1. The Morgan fingerprint density at radius 1 is 1.22 bits per heavy atom. The summed E-state index contributed by atoms with van der Waals surface area (Å²) in [5, 5.41) is 0. The molecule has 18 heavy (non-hydrogen) atoms. The average molecular weight is 239 g/mol. The fourth-order valence-corrected chi connectivity index (χ4v) is 2.49. The van der Waals surface area contributed by atoms with Gasteiger partial charge in [0.2, 0.25) is 0 Å². The van der Waals surface area contributed by atoms with E-state index in [1.54, 1.807) is 0 Å². The zero-order valence-electron chi connectivity index (χ0n) is 10.3. The second-order valence-corrected chi connectivity index (χ2v) is 4.51. The van der Waals surface area contributed by atoms with E-state index in [0.717, 1.165) is 30.9 Å². The van der Waals surface area contributed by atoms with E-state index >= 15 is 0 Å². The number of nitrogens with two attached hydrogens (primary N) is 1. The molecule has 2 N–H and O–H groups in total. The van der Waals surface area contributed by atoms with E-state index in [0.29, 0.717) is 6.54 Å². The van der Waals surface area contributed by atoms with Gasteiger partial charge in [-0.2, -0.15) is 0 Å². The van der Waals surface area contributed by atoms with Crippen LogP contribution in [0.5, 0.6) is 0 Å². The zero-order chi connectivity index (χ0) is 12.4. The van der Waals surface area contributed by atoms with Crippen molar-refractivity contribution in [2.24, 2.45) is 5.73 Å². The highest BCUT2D eigenvalue weighted by Gasteiger charge is 2.17. The minimum Gasteiger partial charge on any atom is -0.330 e. The van der Waals surface area contributed by atoms with E-state index in [-0.39, 0.29) is 0 Å². The first-order valence-electron chi connectivity index (χ1n) is 6.41. The fourth-order valence-electron chi connectivity index (χ4n) is 2.49. The first-order valence-corrected chi connectivity index (χ1v) is 6.41. The van der Waals surface area contributed by atoms with Gasteiger partial charge in [-0.05, 0) is 19.0 Å². The minimum absolute atomic E-state index is 0.661. The van der Waals surface area contributed by atoms with Crippen LogP contribution in [0.3, 0.4) is 0 Å². The number of imidazole rings is 1. The van der Waals surface area contributed by atoms with Gasteiger partial charge in [-0.3, -0.25) is 0 Å². The number of hydrogen-bond donors (Lipinski definition) is 1. The van der Waals surface area contributed by atoms with Crippen molar-refractivity contribution in [3.63, 3.8) is 0 Å². The Kier molecular flexibility index (Phi) is 2.99. The van der Waals surface area contributed by atoms with Crippen LogP contribution >= 0.6 is 0 Å². The van der Waals surface area contributed by atoms with E-state index in [1.807, 2.05) is 6.07 Å². The molecule has 0 saturated carbocycles. The Bertz CT molecular complexity index is 567. The molecule has 0 bridgehead atoms. The summed E-state index contributed by atoms with van der Waals surface area (Å²) in [7, 11) is 0. The zero-order valence-corrected chi connectivity index (χ0v) is 10.3. The van der Waals surface area contributed by atoms with Crippen molar-refractivity contribution in [2.75, 3.05) is 6.54 Å². The van der Waals surface area contributed by atoms with Gasteiger partial charge >= 0.3 is 0 Å². The predicted molar refractivity (Wildman–Crippen MR) is 74.1 cm³/mol. The van der Waals surface area contributed by atoms with Crippen molar-refractivity contribution in [3.8, 4) is 11.3 Å². The lowest BCUT2D eigenvalue weighted by Crippen LogP contribution is -2.12. The van der Waals surface area contributed by atoms with E-state index in [1.165, 1.54) is 11.3 Å². The number of hydrogen-bond acceptors (Lipinski definition) is 2. The quantitative estimate of drug-likeness (QED) is 0.894. The molecule has 0 atom stereocenters. The number of rotatable bonds is 3. The maximum absolute atomic E-state index is 5.74. The van der Waals surface area contributed by atoms with Crippen LogP contribution in [-0.4, -0.2) is 16.1 Å². The van der Waals surface area contributed by atoms with Crippen LogP contribution in [0.15, 0.2) is 36.4 Å². The molecule has 3 heteroatoms. The molecular weight excluding hydrogens is 222 g/mol. The Labute approximate surface area is 107 Å². The van der Waals surface area contributed by atoms with Crippen LogP contribution in [0.1, 0.15) is 17.9 Å². The van der Waals surface area contributed by atoms with Crippen LogP contribution in [0.4, 0.5) is 0 Å². The summed E-state index contributed by atoms with van der Waals surface area (Å²) in [6.07, 6.45) is 6.25. The van der Waals surface area contributed by atoms with E-state index in [4.69, 9.17) is 10.7 Å². The van der Waals surface area contributed by atoms with Gasteiger partial charge in [-0.1, -0.05) is 36.4 Å². The summed E-state index contributed by atoms with van der Waals surface area (Å²) >= 11 is 0. The number of fused-ring (bicyclic) bond motifs is 1. The third-order valence-corrected chi connectivity index (χ3v) is 3.32. The summed E-state index contributed by atoms with van der Waals surface area (Å²) in [6.45, 7) is 1.68. The molecule has 3 nitrogen and oxygen atoms in total. The highest BCUT2D eigenvalue weighted by molar-refractivity contribution is 5.65. The Morgan fingerprint density at radius 3 is 2.83 bits per heavy atom. The van der Waals surface area contributed by atoms with Crippen molar-refractivity contribution >= 4 is 6.08 Å². The maximum Gasteiger partial charge on any atom is 0.133 e. The molecular formula is C15H17N3. The smallest absolute Gasteiger partial charge is 0.133 e. The largest absolute Gasteiger partial charge is 0.330 e. The molecule has 2 aromatic rings. The molecule has 0 unspecified atom stereocenters. The molecule has 1 aromatic carbocycles. The van der Waals surface area contributed by atoms with Crippen LogP contribution in [0.25, 0.3) is 17.3 Å².